The Balaban J connectivity index is 2.22. The van der Waals surface area contributed by atoms with Crippen molar-refractivity contribution in [1.82, 2.24) is 0 Å². The van der Waals surface area contributed by atoms with E-state index in [-0.39, 0.29) is 23.2 Å². The molecular weight excluding hydrogens is 224 g/mol. The smallest absolute Gasteiger partial charge is 0.164 e. The topological polar surface area (TPSA) is 26.3 Å². The van der Waals surface area contributed by atoms with E-state index in [1.54, 1.807) is 0 Å². The van der Waals surface area contributed by atoms with Gasteiger partial charge in [0.25, 0.3) is 0 Å². The molecule has 0 amide bonds. The van der Waals surface area contributed by atoms with Crippen molar-refractivity contribution < 1.29 is 9.53 Å². The number of hydrogen-bond acceptors (Lipinski definition) is 2. The van der Waals surface area contributed by atoms with Crippen LogP contribution in [0.3, 0.4) is 0 Å². The number of ether oxygens (including phenoxy) is 1. The van der Waals surface area contributed by atoms with Crippen LogP contribution in [-0.2, 0) is 10.2 Å². The van der Waals surface area contributed by atoms with Gasteiger partial charge in [-0.3, -0.25) is 4.79 Å². The number of Topliss-reactive ketones (excluding diaryl/α,β-unsaturated/α-hetero) is 1. The van der Waals surface area contributed by atoms with Crippen LogP contribution in [0.4, 0.5) is 0 Å². The lowest BCUT2D eigenvalue weighted by Gasteiger charge is -2.35. The first-order valence-electron chi connectivity index (χ1n) is 6.45. The number of hydrogen-bond donors (Lipinski definition) is 0. The SMILES string of the molecule is CC1=CC2(C)c3cc(C)ccc3OC2C(C)C1=O. The summed E-state index contributed by atoms with van der Waals surface area (Å²) in [5.74, 6) is 1.06. The number of aryl methyl sites for hydroxylation is 1. The Kier molecular flexibility index (Phi) is 2.22. The van der Waals surface area contributed by atoms with Gasteiger partial charge in [0, 0.05) is 5.56 Å². The zero-order chi connectivity index (χ0) is 13.1. The molecule has 18 heavy (non-hydrogen) atoms. The van der Waals surface area contributed by atoms with Gasteiger partial charge >= 0.3 is 0 Å². The van der Waals surface area contributed by atoms with Gasteiger partial charge in [-0.15, -0.1) is 0 Å². The van der Waals surface area contributed by atoms with Crippen LogP contribution < -0.4 is 4.74 Å². The van der Waals surface area contributed by atoms with Crippen LogP contribution in [0.15, 0.2) is 29.8 Å². The highest BCUT2D eigenvalue weighted by atomic mass is 16.5. The van der Waals surface area contributed by atoms with Crippen molar-refractivity contribution in [3.63, 3.8) is 0 Å². The Morgan fingerprint density at radius 2 is 2.00 bits per heavy atom. The van der Waals surface area contributed by atoms with Crippen LogP contribution in [0.25, 0.3) is 0 Å². The van der Waals surface area contributed by atoms with Crippen LogP contribution in [0.1, 0.15) is 31.9 Å². The summed E-state index contributed by atoms with van der Waals surface area (Å²) in [6.07, 6.45) is 2.02. The highest BCUT2D eigenvalue weighted by molar-refractivity contribution is 5.98. The number of allylic oxidation sites excluding steroid dienone is 1. The third-order valence-corrected chi connectivity index (χ3v) is 4.33. The summed E-state index contributed by atoms with van der Waals surface area (Å²) in [4.78, 5) is 12.1. The molecule has 1 aromatic rings. The molecule has 2 nitrogen and oxygen atoms in total. The van der Waals surface area contributed by atoms with Crippen molar-refractivity contribution >= 4 is 5.78 Å². The number of rotatable bonds is 0. The molecule has 3 atom stereocenters. The molecular formula is C16H18O2. The average Bonchev–Trinajstić information content (AvgIpc) is 2.60. The Morgan fingerprint density at radius 1 is 1.28 bits per heavy atom. The Morgan fingerprint density at radius 3 is 2.72 bits per heavy atom. The van der Waals surface area contributed by atoms with Crippen LogP contribution in [0.2, 0.25) is 0 Å². The molecule has 0 radical (unpaired) electrons. The maximum absolute atomic E-state index is 12.1. The van der Waals surface area contributed by atoms with Gasteiger partial charge in [0.1, 0.15) is 11.9 Å². The van der Waals surface area contributed by atoms with Gasteiger partial charge in [0.2, 0.25) is 0 Å². The van der Waals surface area contributed by atoms with E-state index in [2.05, 4.69) is 32.1 Å². The minimum absolute atomic E-state index is 0.0644. The van der Waals surface area contributed by atoms with E-state index in [4.69, 9.17) is 4.74 Å². The molecule has 1 aliphatic carbocycles. The summed E-state index contributed by atoms with van der Waals surface area (Å²) in [5.41, 5.74) is 3.14. The number of carbonyl (C=O) groups excluding carboxylic acids is 1. The maximum atomic E-state index is 12.1. The molecule has 0 saturated carbocycles. The minimum atomic E-state index is -0.168. The van der Waals surface area contributed by atoms with E-state index in [0.29, 0.717) is 0 Å². The van der Waals surface area contributed by atoms with Crippen molar-refractivity contribution in [1.29, 1.82) is 0 Å². The van der Waals surface area contributed by atoms with Gasteiger partial charge < -0.3 is 4.74 Å². The standard InChI is InChI=1S/C16H18O2/c1-9-5-6-13-12(7-9)16(4)8-10(2)14(17)11(3)15(16)18-13/h5-8,11,15H,1-4H3. The molecule has 0 fully saturated rings. The Hall–Kier alpha value is -1.57. The summed E-state index contributed by atoms with van der Waals surface area (Å²) in [7, 11) is 0. The van der Waals surface area contributed by atoms with Crippen LogP contribution >= 0.6 is 0 Å². The van der Waals surface area contributed by atoms with E-state index in [0.717, 1.165) is 11.3 Å². The minimum Gasteiger partial charge on any atom is -0.488 e. The second-order valence-electron chi connectivity index (χ2n) is 5.80. The number of fused-ring (bicyclic) bond motifs is 3. The zero-order valence-electron chi connectivity index (χ0n) is 11.3. The highest BCUT2D eigenvalue weighted by Gasteiger charge is 2.51. The van der Waals surface area contributed by atoms with Crippen molar-refractivity contribution in [2.45, 2.75) is 39.2 Å². The second kappa shape index (κ2) is 3.47. The third-order valence-electron chi connectivity index (χ3n) is 4.33. The van der Waals surface area contributed by atoms with Gasteiger partial charge in [-0.25, -0.2) is 0 Å². The summed E-state index contributed by atoms with van der Waals surface area (Å²) in [6.45, 7) is 8.15. The first-order chi connectivity index (χ1) is 8.43. The zero-order valence-corrected chi connectivity index (χ0v) is 11.3. The molecule has 0 N–H and O–H groups in total. The number of ketones is 1. The van der Waals surface area contributed by atoms with Crippen molar-refractivity contribution in [3.05, 3.63) is 41.0 Å². The first-order valence-corrected chi connectivity index (χ1v) is 6.45. The van der Waals surface area contributed by atoms with Crippen molar-refractivity contribution in [3.8, 4) is 5.75 Å². The van der Waals surface area contributed by atoms with Gasteiger partial charge in [-0.05, 0) is 32.4 Å². The van der Waals surface area contributed by atoms with Gasteiger partial charge in [-0.2, -0.15) is 0 Å². The second-order valence-corrected chi connectivity index (χ2v) is 5.80. The molecule has 0 bridgehead atoms. The third kappa shape index (κ3) is 1.32. The molecule has 2 aliphatic rings. The summed E-state index contributed by atoms with van der Waals surface area (Å²) < 4.78 is 6.03. The predicted molar refractivity (Wildman–Crippen MR) is 70.9 cm³/mol. The van der Waals surface area contributed by atoms with Gasteiger partial charge in [-0.1, -0.05) is 30.7 Å². The average molecular weight is 242 g/mol. The van der Waals surface area contributed by atoms with Crippen LogP contribution in [-0.4, -0.2) is 11.9 Å². The molecule has 1 aromatic carbocycles. The summed E-state index contributed by atoms with van der Waals surface area (Å²) in [5, 5.41) is 0. The highest BCUT2D eigenvalue weighted by Crippen LogP contribution is 2.49. The normalized spacial score (nSPS) is 33.6. The van der Waals surface area contributed by atoms with Gasteiger partial charge in [0.05, 0.1) is 11.3 Å². The maximum Gasteiger partial charge on any atom is 0.164 e. The fraction of sp³-hybridized carbons (Fsp3) is 0.438. The molecule has 3 rings (SSSR count). The molecule has 0 aromatic heterocycles. The lowest BCUT2D eigenvalue weighted by atomic mass is 9.68. The fourth-order valence-electron chi connectivity index (χ4n) is 3.38. The van der Waals surface area contributed by atoms with Gasteiger partial charge in [0.15, 0.2) is 5.78 Å². The quantitative estimate of drug-likeness (QED) is 0.698. The molecule has 94 valence electrons. The molecule has 2 heteroatoms. The van der Waals surface area contributed by atoms with Crippen LogP contribution in [0.5, 0.6) is 5.75 Å². The lowest BCUT2D eigenvalue weighted by Crippen LogP contribution is -2.45. The predicted octanol–water partition coefficient (Wildman–Crippen LogP) is 3.18. The van der Waals surface area contributed by atoms with Crippen LogP contribution in [0, 0.1) is 12.8 Å². The number of benzene rings is 1. The number of carbonyl (C=O) groups is 1. The fourth-order valence-corrected chi connectivity index (χ4v) is 3.38. The Labute approximate surface area is 108 Å². The first kappa shape index (κ1) is 11.5. The van der Waals surface area contributed by atoms with E-state index >= 15 is 0 Å². The summed E-state index contributed by atoms with van der Waals surface area (Å²) in [6, 6.07) is 6.26. The molecule has 1 heterocycles. The van der Waals surface area contributed by atoms with E-state index < -0.39 is 0 Å². The monoisotopic (exact) mass is 242 g/mol. The molecule has 3 unspecified atom stereocenters. The van der Waals surface area contributed by atoms with E-state index in [1.165, 1.54) is 11.1 Å². The largest absolute Gasteiger partial charge is 0.488 e. The van der Waals surface area contributed by atoms with E-state index in [1.807, 2.05) is 19.9 Å². The summed E-state index contributed by atoms with van der Waals surface area (Å²) >= 11 is 0. The van der Waals surface area contributed by atoms with Crippen molar-refractivity contribution in [2.24, 2.45) is 5.92 Å². The van der Waals surface area contributed by atoms with E-state index in [9.17, 15) is 4.79 Å². The van der Waals surface area contributed by atoms with Crippen molar-refractivity contribution in [2.75, 3.05) is 0 Å². The molecule has 1 aliphatic heterocycles. The lowest BCUT2D eigenvalue weighted by molar-refractivity contribution is -0.122. The molecule has 0 spiro atoms. The Bertz CT molecular complexity index is 570. The molecule has 0 saturated heterocycles.